The summed E-state index contributed by atoms with van der Waals surface area (Å²) in [5.74, 6) is -2.60. The summed E-state index contributed by atoms with van der Waals surface area (Å²) < 4.78 is 5.05. The van der Waals surface area contributed by atoms with Crippen molar-refractivity contribution < 1.29 is 23.6 Å². The fraction of sp³-hybridized carbons (Fsp3) is 0.176. The lowest BCUT2D eigenvalue weighted by Gasteiger charge is -2.15. The zero-order chi connectivity index (χ0) is 16.8. The third kappa shape index (κ3) is 1.98. The summed E-state index contributed by atoms with van der Waals surface area (Å²) >= 11 is 0. The number of hydrogen-bond acceptors (Lipinski definition) is 6. The number of oxime groups is 1. The summed E-state index contributed by atoms with van der Waals surface area (Å²) in [5, 5.41) is 3.66. The van der Waals surface area contributed by atoms with Gasteiger partial charge in [0.1, 0.15) is 11.6 Å². The van der Waals surface area contributed by atoms with Crippen LogP contribution in [0.15, 0.2) is 52.2 Å². The van der Waals surface area contributed by atoms with Gasteiger partial charge in [0, 0.05) is 0 Å². The minimum Gasteiger partial charge on any atom is -0.461 e. The van der Waals surface area contributed by atoms with Gasteiger partial charge in [-0.1, -0.05) is 17.3 Å². The molecule has 0 N–H and O–H groups in total. The van der Waals surface area contributed by atoms with E-state index in [9.17, 15) is 14.4 Å². The molecule has 1 aromatic heterocycles. The number of rotatable bonds is 3. The molecule has 0 saturated carbocycles. The molecule has 0 aliphatic carbocycles. The molecule has 1 aromatic carbocycles. The molecule has 0 bridgehead atoms. The molecule has 0 spiro atoms. The second-order valence-corrected chi connectivity index (χ2v) is 5.64. The van der Waals surface area contributed by atoms with Gasteiger partial charge in [0.15, 0.2) is 5.76 Å². The highest BCUT2D eigenvalue weighted by Crippen LogP contribution is 2.34. The van der Waals surface area contributed by atoms with E-state index < -0.39 is 29.6 Å². The van der Waals surface area contributed by atoms with E-state index in [2.05, 4.69) is 5.16 Å². The van der Waals surface area contributed by atoms with Crippen molar-refractivity contribution in [1.29, 1.82) is 0 Å². The van der Waals surface area contributed by atoms with Crippen LogP contribution in [0.4, 0.5) is 5.69 Å². The van der Waals surface area contributed by atoms with Crippen molar-refractivity contribution in [2.45, 2.75) is 13.0 Å². The van der Waals surface area contributed by atoms with E-state index in [1.165, 1.54) is 12.3 Å². The SMILES string of the molecule is Cc1cccc(N2C(=O)[C@@H]3C(C(=O)c4ccco4)=NO[C@@H]3C2=O)c1. The fourth-order valence-corrected chi connectivity index (χ4v) is 2.92. The Morgan fingerprint density at radius 3 is 2.71 bits per heavy atom. The van der Waals surface area contributed by atoms with Gasteiger partial charge in [0.25, 0.3) is 5.91 Å². The monoisotopic (exact) mass is 324 g/mol. The molecule has 2 aliphatic rings. The molecule has 4 rings (SSSR count). The first-order valence-corrected chi connectivity index (χ1v) is 7.34. The van der Waals surface area contributed by atoms with E-state index in [-0.39, 0.29) is 11.5 Å². The van der Waals surface area contributed by atoms with Crippen LogP contribution in [0.5, 0.6) is 0 Å². The van der Waals surface area contributed by atoms with Gasteiger partial charge in [0.2, 0.25) is 17.8 Å². The van der Waals surface area contributed by atoms with Crippen molar-refractivity contribution in [3.63, 3.8) is 0 Å². The molecule has 1 saturated heterocycles. The maximum absolute atomic E-state index is 12.8. The number of imide groups is 1. The lowest BCUT2D eigenvalue weighted by molar-refractivity contribution is -0.126. The van der Waals surface area contributed by atoms with Gasteiger partial charge in [0.05, 0.1) is 12.0 Å². The maximum atomic E-state index is 12.8. The van der Waals surface area contributed by atoms with Gasteiger partial charge in [-0.15, -0.1) is 0 Å². The van der Waals surface area contributed by atoms with Crippen LogP contribution in [0.3, 0.4) is 0 Å². The van der Waals surface area contributed by atoms with Gasteiger partial charge < -0.3 is 9.25 Å². The number of aryl methyl sites for hydroxylation is 1. The number of nitrogens with zero attached hydrogens (tertiary/aromatic N) is 2. The summed E-state index contributed by atoms with van der Waals surface area (Å²) in [4.78, 5) is 43.8. The van der Waals surface area contributed by atoms with Gasteiger partial charge in [-0.05, 0) is 36.8 Å². The van der Waals surface area contributed by atoms with Gasteiger partial charge in [-0.25, -0.2) is 4.90 Å². The summed E-state index contributed by atoms with van der Waals surface area (Å²) in [5.41, 5.74) is 1.25. The number of hydrogen-bond donors (Lipinski definition) is 0. The molecule has 0 radical (unpaired) electrons. The van der Waals surface area contributed by atoms with Crippen LogP contribution in [0.1, 0.15) is 16.1 Å². The first-order valence-electron chi connectivity index (χ1n) is 7.34. The number of amides is 2. The lowest BCUT2D eigenvalue weighted by Crippen LogP contribution is -2.34. The molecule has 2 aromatic rings. The third-order valence-electron chi connectivity index (χ3n) is 4.05. The minimum absolute atomic E-state index is 0.0484. The van der Waals surface area contributed by atoms with Gasteiger partial charge >= 0.3 is 0 Å². The molecular formula is C17H12N2O5. The van der Waals surface area contributed by atoms with E-state index in [4.69, 9.17) is 9.25 Å². The predicted octanol–water partition coefficient (Wildman–Crippen LogP) is 1.72. The topological polar surface area (TPSA) is 89.2 Å². The van der Waals surface area contributed by atoms with Crippen molar-refractivity contribution in [2.24, 2.45) is 11.1 Å². The van der Waals surface area contributed by atoms with Crippen molar-refractivity contribution in [1.82, 2.24) is 0 Å². The van der Waals surface area contributed by atoms with Crippen LogP contribution in [0.2, 0.25) is 0 Å². The molecule has 7 nitrogen and oxygen atoms in total. The molecular weight excluding hydrogens is 312 g/mol. The zero-order valence-corrected chi connectivity index (χ0v) is 12.6. The largest absolute Gasteiger partial charge is 0.461 e. The molecule has 2 amide bonds. The first kappa shape index (κ1) is 14.4. The Kier molecular flexibility index (Phi) is 3.09. The molecule has 24 heavy (non-hydrogen) atoms. The summed E-state index contributed by atoms with van der Waals surface area (Å²) in [6, 6.07) is 10.0. The smallest absolute Gasteiger partial charge is 0.278 e. The zero-order valence-electron chi connectivity index (χ0n) is 12.6. The minimum atomic E-state index is -1.10. The highest BCUT2D eigenvalue weighted by molar-refractivity contribution is 6.52. The number of Topliss-reactive ketones (excluding diaryl/α,β-unsaturated/α-hetero) is 1. The Morgan fingerprint density at radius 2 is 2.00 bits per heavy atom. The molecule has 3 heterocycles. The van der Waals surface area contributed by atoms with E-state index in [1.807, 2.05) is 13.0 Å². The Hall–Kier alpha value is -3.22. The van der Waals surface area contributed by atoms with E-state index in [0.717, 1.165) is 10.5 Å². The molecule has 120 valence electrons. The van der Waals surface area contributed by atoms with Gasteiger partial charge in [-0.3, -0.25) is 14.4 Å². The second kappa shape index (κ2) is 5.16. The first-order chi connectivity index (χ1) is 11.6. The number of fused-ring (bicyclic) bond motifs is 1. The Balaban J connectivity index is 1.69. The number of anilines is 1. The second-order valence-electron chi connectivity index (χ2n) is 5.64. The highest BCUT2D eigenvalue weighted by atomic mass is 16.7. The quantitative estimate of drug-likeness (QED) is 0.633. The molecule has 7 heteroatoms. The van der Waals surface area contributed by atoms with E-state index >= 15 is 0 Å². The molecule has 2 atom stereocenters. The molecule has 2 aliphatic heterocycles. The van der Waals surface area contributed by atoms with Crippen molar-refractivity contribution in [3.05, 3.63) is 54.0 Å². The van der Waals surface area contributed by atoms with Crippen LogP contribution >= 0.6 is 0 Å². The highest BCUT2D eigenvalue weighted by Gasteiger charge is 2.57. The molecule has 1 fully saturated rings. The maximum Gasteiger partial charge on any atom is 0.278 e. The Labute approximate surface area is 136 Å². The van der Waals surface area contributed by atoms with Crippen LogP contribution in [-0.4, -0.2) is 29.4 Å². The average Bonchev–Trinajstić information content (AvgIpc) is 3.27. The summed E-state index contributed by atoms with van der Waals surface area (Å²) in [6.07, 6.45) is 0.244. The van der Waals surface area contributed by atoms with E-state index in [0.29, 0.717) is 5.69 Å². The van der Waals surface area contributed by atoms with Crippen molar-refractivity contribution in [2.75, 3.05) is 4.90 Å². The van der Waals surface area contributed by atoms with Crippen molar-refractivity contribution in [3.8, 4) is 0 Å². The van der Waals surface area contributed by atoms with Crippen molar-refractivity contribution >= 4 is 29.0 Å². The predicted molar refractivity (Wildman–Crippen MR) is 82.5 cm³/mol. The van der Waals surface area contributed by atoms with Crippen LogP contribution in [0, 0.1) is 12.8 Å². The van der Waals surface area contributed by atoms with Crippen LogP contribution in [-0.2, 0) is 14.4 Å². The Bertz CT molecular complexity index is 884. The number of benzene rings is 1. The van der Waals surface area contributed by atoms with Crippen LogP contribution in [0.25, 0.3) is 0 Å². The normalized spacial score (nSPS) is 22.4. The van der Waals surface area contributed by atoms with Crippen LogP contribution < -0.4 is 4.90 Å². The number of furan rings is 1. The molecule has 0 unspecified atom stereocenters. The average molecular weight is 324 g/mol. The number of ketones is 1. The fourth-order valence-electron chi connectivity index (χ4n) is 2.92. The van der Waals surface area contributed by atoms with Gasteiger partial charge in [-0.2, -0.15) is 0 Å². The number of carbonyl (C=O) groups excluding carboxylic acids is 3. The Morgan fingerprint density at radius 1 is 1.17 bits per heavy atom. The summed E-state index contributed by atoms with van der Waals surface area (Å²) in [6.45, 7) is 1.86. The summed E-state index contributed by atoms with van der Waals surface area (Å²) in [7, 11) is 0. The third-order valence-corrected chi connectivity index (χ3v) is 4.05. The lowest BCUT2D eigenvalue weighted by atomic mass is 9.96. The number of carbonyl (C=O) groups is 3. The van der Waals surface area contributed by atoms with E-state index in [1.54, 1.807) is 24.3 Å². The standard InChI is InChI=1S/C17H12N2O5/c1-9-4-2-5-10(8-9)19-16(21)12-13(18-24-15(12)17(19)22)14(20)11-6-3-7-23-11/h2-8,12,15H,1H3/t12-,15+/m1/s1.